The minimum atomic E-state index is -3.58. The highest BCUT2D eigenvalue weighted by Gasteiger charge is 2.38. The van der Waals surface area contributed by atoms with Crippen LogP contribution >= 0.6 is 0 Å². The van der Waals surface area contributed by atoms with Crippen LogP contribution in [-0.4, -0.2) is 36.4 Å². The average Bonchev–Trinajstić information content (AvgIpc) is 3.19. The Labute approximate surface area is 147 Å². The first-order valence-corrected chi connectivity index (χ1v) is 9.75. The van der Waals surface area contributed by atoms with E-state index in [1.54, 1.807) is 25.1 Å². The molecule has 2 heterocycles. The van der Waals surface area contributed by atoms with Gasteiger partial charge in [-0.1, -0.05) is 35.0 Å². The number of nitrogens with zero attached hydrogens (tertiary/aromatic N) is 2. The third-order valence-electron chi connectivity index (χ3n) is 4.21. The van der Waals surface area contributed by atoms with E-state index in [0.717, 1.165) is 5.56 Å². The zero-order valence-electron chi connectivity index (χ0n) is 14.2. The van der Waals surface area contributed by atoms with E-state index >= 15 is 0 Å². The summed E-state index contributed by atoms with van der Waals surface area (Å²) in [5.41, 5.74) is 1.78. The van der Waals surface area contributed by atoms with E-state index < -0.39 is 16.1 Å². The summed E-state index contributed by atoms with van der Waals surface area (Å²) in [6, 6.07) is 8.25. The molecule has 1 aliphatic rings. The van der Waals surface area contributed by atoms with Crippen LogP contribution in [0.3, 0.4) is 0 Å². The van der Waals surface area contributed by atoms with Crippen molar-refractivity contribution in [1.82, 2.24) is 9.46 Å². The van der Waals surface area contributed by atoms with Crippen molar-refractivity contribution in [3.05, 3.63) is 47.2 Å². The van der Waals surface area contributed by atoms with E-state index in [1.807, 2.05) is 19.1 Å². The third kappa shape index (κ3) is 4.08. The molecule has 1 fully saturated rings. The van der Waals surface area contributed by atoms with Crippen LogP contribution in [0.4, 0.5) is 5.82 Å². The van der Waals surface area contributed by atoms with E-state index in [2.05, 4.69) is 10.5 Å². The van der Waals surface area contributed by atoms with Crippen molar-refractivity contribution in [2.45, 2.75) is 38.5 Å². The second-order valence-corrected chi connectivity index (χ2v) is 8.24. The Balaban J connectivity index is 1.73. The molecule has 1 atom stereocenters. The summed E-state index contributed by atoms with van der Waals surface area (Å²) in [5.74, 6) is 0.384. The van der Waals surface area contributed by atoms with Gasteiger partial charge in [-0.3, -0.25) is 4.79 Å². The predicted octanol–water partition coefficient (Wildman–Crippen LogP) is 2.22. The molecule has 0 radical (unpaired) electrons. The number of sulfonamides is 1. The summed E-state index contributed by atoms with van der Waals surface area (Å²) in [7, 11) is -3.58. The number of hydrogen-bond acceptors (Lipinski definition) is 5. The Morgan fingerprint density at radius 1 is 1.32 bits per heavy atom. The molecule has 1 aliphatic heterocycles. The van der Waals surface area contributed by atoms with Crippen LogP contribution in [0.5, 0.6) is 0 Å². The van der Waals surface area contributed by atoms with Gasteiger partial charge < -0.3 is 9.84 Å². The largest absolute Gasteiger partial charge is 0.360 e. The van der Waals surface area contributed by atoms with Crippen LogP contribution in [-0.2, 0) is 20.6 Å². The van der Waals surface area contributed by atoms with Gasteiger partial charge in [0.2, 0.25) is 15.9 Å². The van der Waals surface area contributed by atoms with E-state index in [-0.39, 0.29) is 11.7 Å². The van der Waals surface area contributed by atoms with Crippen LogP contribution in [0, 0.1) is 13.8 Å². The predicted molar refractivity (Wildman–Crippen MR) is 93.4 cm³/mol. The maximum atomic E-state index is 12.8. The maximum Gasteiger partial charge on any atom is 0.244 e. The monoisotopic (exact) mass is 363 g/mol. The molecule has 0 saturated carbocycles. The van der Waals surface area contributed by atoms with Crippen LogP contribution < -0.4 is 5.32 Å². The van der Waals surface area contributed by atoms with Crippen molar-refractivity contribution in [3.8, 4) is 0 Å². The highest BCUT2D eigenvalue weighted by Crippen LogP contribution is 2.25. The fourth-order valence-corrected chi connectivity index (χ4v) is 4.72. The first kappa shape index (κ1) is 17.6. The molecule has 134 valence electrons. The van der Waals surface area contributed by atoms with Crippen molar-refractivity contribution < 1.29 is 17.7 Å². The number of anilines is 1. The number of carbonyl (C=O) groups excluding carboxylic acids is 1. The van der Waals surface area contributed by atoms with Crippen LogP contribution in [0.1, 0.15) is 29.7 Å². The van der Waals surface area contributed by atoms with Gasteiger partial charge in [-0.2, -0.15) is 4.31 Å². The maximum absolute atomic E-state index is 12.8. The number of hydrogen-bond donors (Lipinski definition) is 1. The number of aryl methyl sites for hydroxylation is 2. The highest BCUT2D eigenvalue weighted by atomic mass is 32.2. The van der Waals surface area contributed by atoms with Gasteiger partial charge in [-0.25, -0.2) is 8.42 Å². The molecule has 1 amide bonds. The minimum absolute atomic E-state index is 0.111. The van der Waals surface area contributed by atoms with Crippen LogP contribution in [0.25, 0.3) is 0 Å². The summed E-state index contributed by atoms with van der Waals surface area (Å²) in [6.45, 7) is 4.02. The lowest BCUT2D eigenvalue weighted by Crippen LogP contribution is -2.43. The molecule has 1 aromatic heterocycles. The van der Waals surface area contributed by atoms with E-state index in [0.29, 0.717) is 36.5 Å². The van der Waals surface area contributed by atoms with Gasteiger partial charge in [-0.15, -0.1) is 0 Å². The number of benzene rings is 1. The van der Waals surface area contributed by atoms with Gasteiger partial charge in [0.15, 0.2) is 5.82 Å². The first-order chi connectivity index (χ1) is 11.8. The van der Waals surface area contributed by atoms with E-state index in [9.17, 15) is 13.2 Å². The fraction of sp³-hybridized carbons (Fsp3) is 0.412. The van der Waals surface area contributed by atoms with E-state index in [4.69, 9.17) is 4.52 Å². The molecule has 2 aromatic rings. The van der Waals surface area contributed by atoms with Gasteiger partial charge >= 0.3 is 0 Å². The number of carbonyl (C=O) groups is 1. The Morgan fingerprint density at radius 2 is 2.04 bits per heavy atom. The second kappa shape index (κ2) is 6.97. The number of aromatic nitrogens is 1. The second-order valence-electron chi connectivity index (χ2n) is 6.32. The molecule has 25 heavy (non-hydrogen) atoms. The molecular weight excluding hydrogens is 342 g/mol. The average molecular weight is 363 g/mol. The van der Waals surface area contributed by atoms with Crippen molar-refractivity contribution in [2.24, 2.45) is 0 Å². The van der Waals surface area contributed by atoms with Gasteiger partial charge in [-0.05, 0) is 32.3 Å². The molecule has 1 saturated heterocycles. The van der Waals surface area contributed by atoms with Crippen molar-refractivity contribution in [2.75, 3.05) is 11.9 Å². The van der Waals surface area contributed by atoms with Crippen molar-refractivity contribution in [3.63, 3.8) is 0 Å². The number of amides is 1. The Bertz CT molecular complexity index is 858. The van der Waals surface area contributed by atoms with E-state index in [1.165, 1.54) is 4.31 Å². The van der Waals surface area contributed by atoms with Gasteiger partial charge in [0.25, 0.3) is 0 Å². The molecule has 0 spiro atoms. The van der Waals surface area contributed by atoms with Crippen LogP contribution in [0.15, 0.2) is 34.9 Å². The molecule has 7 nitrogen and oxygen atoms in total. The molecule has 0 bridgehead atoms. The third-order valence-corrected chi connectivity index (χ3v) is 6.06. The summed E-state index contributed by atoms with van der Waals surface area (Å²) in [5, 5.41) is 6.34. The summed E-state index contributed by atoms with van der Waals surface area (Å²) < 4.78 is 31.8. The normalized spacial score (nSPS) is 18.4. The Hall–Kier alpha value is -2.19. The molecule has 1 N–H and O–H groups in total. The molecule has 1 aromatic carbocycles. The zero-order valence-corrected chi connectivity index (χ0v) is 15.0. The quantitative estimate of drug-likeness (QED) is 0.879. The number of rotatable bonds is 5. The van der Waals surface area contributed by atoms with Crippen molar-refractivity contribution in [1.29, 1.82) is 0 Å². The van der Waals surface area contributed by atoms with Gasteiger partial charge in [0, 0.05) is 12.6 Å². The Kier molecular flexibility index (Phi) is 4.91. The topological polar surface area (TPSA) is 92.5 Å². The number of nitrogens with one attached hydrogen (secondary N) is 1. The van der Waals surface area contributed by atoms with Crippen LogP contribution in [0.2, 0.25) is 0 Å². The first-order valence-electron chi connectivity index (χ1n) is 8.14. The Morgan fingerprint density at radius 3 is 2.68 bits per heavy atom. The fourth-order valence-electron chi connectivity index (χ4n) is 2.95. The van der Waals surface area contributed by atoms with Gasteiger partial charge in [0.05, 0.1) is 5.75 Å². The zero-order chi connectivity index (χ0) is 18.0. The lowest BCUT2D eigenvalue weighted by atomic mass is 10.2. The SMILES string of the molecule is Cc1ccc(CS(=O)(=O)N2CCC[C@H]2C(=O)Nc2cc(C)on2)cc1. The summed E-state index contributed by atoms with van der Waals surface area (Å²) in [4.78, 5) is 12.5. The standard InChI is InChI=1S/C17H21N3O4S/c1-12-5-7-14(8-6-12)11-25(22,23)20-9-3-4-15(20)17(21)18-16-10-13(2)24-19-16/h5-8,10,15H,3-4,9,11H2,1-2H3,(H,18,19,21)/t15-/m0/s1. The molecule has 0 aliphatic carbocycles. The molecule has 3 rings (SSSR count). The minimum Gasteiger partial charge on any atom is -0.360 e. The molecule has 8 heteroatoms. The lowest BCUT2D eigenvalue weighted by Gasteiger charge is -2.23. The molecule has 0 unspecified atom stereocenters. The summed E-state index contributed by atoms with van der Waals surface area (Å²) in [6.07, 6.45) is 1.15. The van der Waals surface area contributed by atoms with Gasteiger partial charge in [0.1, 0.15) is 11.8 Å². The summed E-state index contributed by atoms with van der Waals surface area (Å²) >= 11 is 0. The van der Waals surface area contributed by atoms with Crippen molar-refractivity contribution >= 4 is 21.7 Å². The lowest BCUT2D eigenvalue weighted by molar-refractivity contribution is -0.119. The molecular formula is C17H21N3O4S. The highest BCUT2D eigenvalue weighted by molar-refractivity contribution is 7.88. The smallest absolute Gasteiger partial charge is 0.244 e.